The fourth-order valence-electron chi connectivity index (χ4n) is 2.62. The number of carbonyl (C=O) groups is 2. The van der Waals surface area contributed by atoms with E-state index in [1.807, 2.05) is 42.5 Å². The summed E-state index contributed by atoms with van der Waals surface area (Å²) in [5, 5.41) is 4.86. The molecule has 0 saturated carbocycles. The summed E-state index contributed by atoms with van der Waals surface area (Å²) in [7, 11) is 3.07. The summed E-state index contributed by atoms with van der Waals surface area (Å²) in [6.07, 6.45) is 1.58. The summed E-state index contributed by atoms with van der Waals surface area (Å²) in [6, 6.07) is 16.5. The van der Waals surface area contributed by atoms with Crippen LogP contribution in [0.15, 0.2) is 60.8 Å². The smallest absolute Gasteiger partial charge is 0.363 e. The van der Waals surface area contributed by atoms with E-state index in [-0.39, 0.29) is 17.4 Å². The first-order chi connectivity index (χ1) is 14.0. The van der Waals surface area contributed by atoms with Gasteiger partial charge in [-0.1, -0.05) is 41.9 Å². The number of hydrogen-bond donors (Lipinski definition) is 0. The predicted molar refractivity (Wildman–Crippen MR) is 108 cm³/mol. The molecule has 3 rings (SSSR count). The Balaban J connectivity index is 1.62. The van der Waals surface area contributed by atoms with E-state index in [9.17, 15) is 9.59 Å². The number of rotatable bonds is 7. The Morgan fingerprint density at radius 3 is 2.45 bits per heavy atom. The molecular formula is C21H20ClN3O4. The number of carbonyl (C=O) groups excluding carboxylic acids is 2. The van der Waals surface area contributed by atoms with Gasteiger partial charge in [0.15, 0.2) is 12.4 Å². The van der Waals surface area contributed by atoms with E-state index >= 15 is 0 Å². The second-order valence-electron chi connectivity index (χ2n) is 6.28. The van der Waals surface area contributed by atoms with Crippen LogP contribution >= 0.6 is 11.6 Å². The van der Waals surface area contributed by atoms with Crippen molar-refractivity contribution in [3.63, 3.8) is 0 Å². The fraction of sp³-hybridized carbons (Fsp3) is 0.190. The molecule has 1 amide bonds. The molecule has 0 unspecified atom stereocenters. The summed E-state index contributed by atoms with van der Waals surface area (Å²) >= 11 is 5.86. The van der Waals surface area contributed by atoms with Crippen molar-refractivity contribution in [2.45, 2.75) is 6.54 Å². The molecule has 8 heteroatoms. The molecule has 0 N–H and O–H groups in total. The third-order valence-electron chi connectivity index (χ3n) is 4.20. The van der Waals surface area contributed by atoms with Gasteiger partial charge >= 0.3 is 5.97 Å². The Morgan fingerprint density at radius 1 is 1.10 bits per heavy atom. The molecule has 0 aliphatic rings. The maximum atomic E-state index is 12.4. The highest BCUT2D eigenvalue weighted by atomic mass is 35.5. The van der Waals surface area contributed by atoms with Crippen molar-refractivity contribution in [3.05, 3.63) is 77.1 Å². The molecule has 3 aromatic rings. The van der Waals surface area contributed by atoms with Crippen LogP contribution in [0.3, 0.4) is 0 Å². The summed E-state index contributed by atoms with van der Waals surface area (Å²) in [5.74, 6) is -0.805. The van der Waals surface area contributed by atoms with Crippen LogP contribution in [0.5, 0.6) is 5.75 Å². The molecule has 7 nitrogen and oxygen atoms in total. The van der Waals surface area contributed by atoms with E-state index in [0.717, 1.165) is 11.3 Å². The van der Waals surface area contributed by atoms with Crippen molar-refractivity contribution in [1.82, 2.24) is 14.7 Å². The van der Waals surface area contributed by atoms with Crippen LogP contribution in [0.4, 0.5) is 0 Å². The Morgan fingerprint density at radius 2 is 1.79 bits per heavy atom. The lowest BCUT2D eigenvalue weighted by Crippen LogP contribution is -2.31. The highest BCUT2D eigenvalue weighted by molar-refractivity contribution is 6.30. The van der Waals surface area contributed by atoms with E-state index in [1.165, 1.54) is 16.7 Å². The molecule has 0 atom stereocenters. The van der Waals surface area contributed by atoms with Gasteiger partial charge in [0.05, 0.1) is 19.0 Å². The SMILES string of the molecule is COc1cn(-c2ccccc2)nc1C(=O)OCC(=O)N(C)Cc1ccc(Cl)cc1. The van der Waals surface area contributed by atoms with Gasteiger partial charge in [-0.2, -0.15) is 5.10 Å². The second-order valence-corrected chi connectivity index (χ2v) is 6.72. The third-order valence-corrected chi connectivity index (χ3v) is 4.45. The van der Waals surface area contributed by atoms with Crippen LogP contribution < -0.4 is 4.74 Å². The van der Waals surface area contributed by atoms with Crippen molar-refractivity contribution in [2.75, 3.05) is 20.8 Å². The zero-order valence-electron chi connectivity index (χ0n) is 16.0. The van der Waals surface area contributed by atoms with Crippen LogP contribution in [0.25, 0.3) is 5.69 Å². The zero-order valence-corrected chi connectivity index (χ0v) is 16.8. The van der Waals surface area contributed by atoms with E-state index in [2.05, 4.69) is 5.10 Å². The van der Waals surface area contributed by atoms with Gasteiger partial charge in [0.2, 0.25) is 5.69 Å². The zero-order chi connectivity index (χ0) is 20.8. The van der Waals surface area contributed by atoms with Gasteiger partial charge in [0.1, 0.15) is 0 Å². The molecule has 0 spiro atoms. The Labute approximate surface area is 173 Å². The quantitative estimate of drug-likeness (QED) is 0.555. The first-order valence-electron chi connectivity index (χ1n) is 8.82. The lowest BCUT2D eigenvalue weighted by atomic mass is 10.2. The highest BCUT2D eigenvalue weighted by Gasteiger charge is 2.21. The molecule has 150 valence electrons. The third kappa shape index (κ3) is 5.14. The standard InChI is InChI=1S/C21H20ClN3O4/c1-24(12-15-8-10-16(22)11-9-15)19(26)14-29-21(27)20-18(28-2)13-25(23-20)17-6-4-3-5-7-17/h3-11,13H,12,14H2,1-2H3. The Hall–Kier alpha value is -3.32. The minimum absolute atomic E-state index is 0.00417. The number of halogens is 1. The number of likely N-dealkylation sites (N-methyl/N-ethyl adjacent to an activating group) is 1. The predicted octanol–water partition coefficient (Wildman–Crippen LogP) is 3.35. The Kier molecular flexibility index (Phi) is 6.51. The minimum Gasteiger partial charge on any atom is -0.493 e. The fourth-order valence-corrected chi connectivity index (χ4v) is 2.75. The second kappa shape index (κ2) is 9.25. The maximum absolute atomic E-state index is 12.4. The van der Waals surface area contributed by atoms with Gasteiger partial charge in [-0.15, -0.1) is 0 Å². The van der Waals surface area contributed by atoms with Crippen molar-refractivity contribution in [2.24, 2.45) is 0 Å². The molecule has 0 bridgehead atoms. The number of para-hydroxylation sites is 1. The summed E-state index contributed by atoms with van der Waals surface area (Å²) in [5.41, 5.74) is 1.69. The maximum Gasteiger partial charge on any atom is 0.363 e. The number of benzene rings is 2. The van der Waals surface area contributed by atoms with Crippen LogP contribution in [0.1, 0.15) is 16.1 Å². The summed E-state index contributed by atoms with van der Waals surface area (Å²) < 4.78 is 11.9. The summed E-state index contributed by atoms with van der Waals surface area (Å²) in [4.78, 5) is 26.2. The van der Waals surface area contributed by atoms with Gasteiger partial charge in [-0.25, -0.2) is 9.48 Å². The molecule has 0 aliphatic heterocycles. The monoisotopic (exact) mass is 413 g/mol. The molecule has 1 heterocycles. The average molecular weight is 414 g/mol. The highest BCUT2D eigenvalue weighted by Crippen LogP contribution is 2.20. The minimum atomic E-state index is -0.732. The topological polar surface area (TPSA) is 73.7 Å². The van der Waals surface area contributed by atoms with E-state index in [0.29, 0.717) is 11.6 Å². The number of amides is 1. The number of methoxy groups -OCH3 is 1. The van der Waals surface area contributed by atoms with E-state index in [1.54, 1.807) is 25.4 Å². The number of ether oxygens (including phenoxy) is 2. The van der Waals surface area contributed by atoms with E-state index in [4.69, 9.17) is 21.1 Å². The van der Waals surface area contributed by atoms with Crippen molar-refractivity contribution in [3.8, 4) is 11.4 Å². The molecule has 0 fully saturated rings. The van der Waals surface area contributed by atoms with Crippen LogP contribution in [0, 0.1) is 0 Å². The number of nitrogens with zero attached hydrogens (tertiary/aromatic N) is 3. The normalized spacial score (nSPS) is 10.4. The molecule has 2 aromatic carbocycles. The van der Waals surface area contributed by atoms with Crippen LogP contribution in [-0.4, -0.2) is 47.3 Å². The molecule has 29 heavy (non-hydrogen) atoms. The number of aromatic nitrogens is 2. The Bertz CT molecular complexity index is 987. The molecule has 0 saturated heterocycles. The van der Waals surface area contributed by atoms with Crippen LogP contribution in [-0.2, 0) is 16.1 Å². The van der Waals surface area contributed by atoms with Gasteiger partial charge < -0.3 is 14.4 Å². The van der Waals surface area contributed by atoms with Crippen molar-refractivity contribution < 1.29 is 19.1 Å². The van der Waals surface area contributed by atoms with Crippen molar-refractivity contribution >= 4 is 23.5 Å². The molecule has 0 radical (unpaired) electrons. The molecule has 0 aliphatic carbocycles. The van der Waals surface area contributed by atoms with Crippen LogP contribution in [0.2, 0.25) is 5.02 Å². The van der Waals surface area contributed by atoms with Crippen molar-refractivity contribution in [1.29, 1.82) is 0 Å². The van der Waals surface area contributed by atoms with E-state index < -0.39 is 12.6 Å². The average Bonchev–Trinajstić information content (AvgIpc) is 3.18. The lowest BCUT2D eigenvalue weighted by Gasteiger charge is -2.17. The largest absolute Gasteiger partial charge is 0.493 e. The molecule has 1 aromatic heterocycles. The number of esters is 1. The first kappa shape index (κ1) is 20.4. The number of hydrogen-bond acceptors (Lipinski definition) is 5. The molecular weight excluding hydrogens is 394 g/mol. The summed E-state index contributed by atoms with van der Waals surface area (Å²) in [6.45, 7) is -0.0240. The van der Waals surface area contributed by atoms with Gasteiger partial charge in [-0.3, -0.25) is 4.79 Å². The van der Waals surface area contributed by atoms with Gasteiger partial charge in [0.25, 0.3) is 5.91 Å². The first-order valence-corrected chi connectivity index (χ1v) is 9.20. The van der Waals surface area contributed by atoms with Gasteiger partial charge in [-0.05, 0) is 29.8 Å². The van der Waals surface area contributed by atoms with Gasteiger partial charge in [0, 0.05) is 18.6 Å². The lowest BCUT2D eigenvalue weighted by molar-refractivity contribution is -0.133.